The number of rotatable bonds is 3. The lowest BCUT2D eigenvalue weighted by Crippen LogP contribution is -2.37. The first kappa shape index (κ1) is 10.6. The van der Waals surface area contributed by atoms with Gasteiger partial charge in [-0.05, 0) is 63.3 Å². The molecule has 0 spiro atoms. The predicted octanol–water partition coefficient (Wildman–Crippen LogP) is 2.57. The zero-order valence-electron chi connectivity index (χ0n) is 9.83. The molecule has 1 aromatic rings. The molecule has 1 fully saturated rings. The van der Waals surface area contributed by atoms with E-state index < -0.39 is 0 Å². The van der Waals surface area contributed by atoms with Crippen LogP contribution in [0.15, 0.2) is 24.5 Å². The third-order valence-corrected chi connectivity index (χ3v) is 2.95. The van der Waals surface area contributed by atoms with Crippen molar-refractivity contribution in [1.82, 2.24) is 10.3 Å². The first-order valence-electron chi connectivity index (χ1n) is 5.71. The van der Waals surface area contributed by atoms with Gasteiger partial charge < -0.3 is 5.32 Å². The van der Waals surface area contributed by atoms with Gasteiger partial charge in [-0.15, -0.1) is 0 Å². The van der Waals surface area contributed by atoms with E-state index in [0.717, 1.165) is 18.4 Å². The molecule has 2 rings (SSSR count). The molecule has 0 aromatic carbocycles. The van der Waals surface area contributed by atoms with Crippen LogP contribution in [0.3, 0.4) is 0 Å². The van der Waals surface area contributed by atoms with Crippen molar-refractivity contribution in [1.29, 1.82) is 0 Å². The van der Waals surface area contributed by atoms with Crippen molar-refractivity contribution in [2.45, 2.75) is 38.6 Å². The lowest BCUT2D eigenvalue weighted by molar-refractivity contribution is 0.414. The molecule has 1 aliphatic carbocycles. The van der Waals surface area contributed by atoms with Gasteiger partial charge in [0.2, 0.25) is 0 Å². The van der Waals surface area contributed by atoms with E-state index in [9.17, 15) is 0 Å². The quantitative estimate of drug-likeness (QED) is 0.818. The molecule has 0 amide bonds. The van der Waals surface area contributed by atoms with Crippen LogP contribution in [0, 0.1) is 5.92 Å². The zero-order chi connectivity index (χ0) is 10.9. The summed E-state index contributed by atoms with van der Waals surface area (Å²) in [6.45, 7) is 7.79. The number of nitrogens with one attached hydrogen (secondary N) is 1. The Balaban J connectivity index is 1.82. The molecule has 82 valence electrons. The van der Waals surface area contributed by atoms with Crippen LogP contribution in [-0.2, 0) is 0 Å². The fourth-order valence-electron chi connectivity index (χ4n) is 1.93. The maximum absolute atomic E-state index is 4.05. The van der Waals surface area contributed by atoms with Crippen molar-refractivity contribution in [3.63, 3.8) is 0 Å². The summed E-state index contributed by atoms with van der Waals surface area (Å²) in [4.78, 5) is 4.05. The fourth-order valence-corrected chi connectivity index (χ4v) is 1.93. The van der Waals surface area contributed by atoms with E-state index in [1.54, 1.807) is 0 Å². The molecule has 1 heterocycles. The first-order valence-corrected chi connectivity index (χ1v) is 5.71. The van der Waals surface area contributed by atoms with Gasteiger partial charge in [-0.25, -0.2) is 0 Å². The average molecular weight is 204 g/mol. The van der Waals surface area contributed by atoms with Crippen LogP contribution in [0.5, 0.6) is 0 Å². The lowest BCUT2D eigenvalue weighted by Gasteiger charge is -2.20. The molecule has 2 unspecified atom stereocenters. The Morgan fingerprint density at radius 3 is 2.60 bits per heavy atom. The fraction of sp³-hybridized carbons (Fsp3) is 0.615. The maximum atomic E-state index is 4.05. The smallest absolute Gasteiger partial charge is 0.0270 e. The highest BCUT2D eigenvalue weighted by Gasteiger charge is 2.38. The van der Waals surface area contributed by atoms with Gasteiger partial charge in [0.05, 0.1) is 0 Å². The summed E-state index contributed by atoms with van der Waals surface area (Å²) < 4.78 is 0. The number of nitrogens with zero attached hydrogens (tertiary/aromatic N) is 1. The standard InChI is InChI=1S/C13H20N2/c1-13(2,3)15-9-11-8-12(11)10-4-6-14-7-5-10/h4-7,11-12,15H,8-9H2,1-3H3. The van der Waals surface area contributed by atoms with Gasteiger partial charge in [-0.3, -0.25) is 4.98 Å². The lowest BCUT2D eigenvalue weighted by atomic mass is 10.1. The van der Waals surface area contributed by atoms with Crippen molar-refractivity contribution in [2.24, 2.45) is 5.92 Å². The summed E-state index contributed by atoms with van der Waals surface area (Å²) in [5, 5.41) is 3.57. The van der Waals surface area contributed by atoms with Crippen LogP contribution < -0.4 is 5.32 Å². The Hall–Kier alpha value is -0.890. The molecule has 2 nitrogen and oxygen atoms in total. The van der Waals surface area contributed by atoms with Crippen molar-refractivity contribution < 1.29 is 0 Å². The summed E-state index contributed by atoms with van der Waals surface area (Å²) >= 11 is 0. The van der Waals surface area contributed by atoms with Crippen molar-refractivity contribution in [3.8, 4) is 0 Å². The first-order chi connectivity index (χ1) is 7.06. The Morgan fingerprint density at radius 2 is 2.00 bits per heavy atom. The summed E-state index contributed by atoms with van der Waals surface area (Å²) in [5.74, 6) is 1.59. The number of pyridine rings is 1. The van der Waals surface area contributed by atoms with Gasteiger partial charge in [-0.1, -0.05) is 0 Å². The molecule has 1 aliphatic rings. The third kappa shape index (κ3) is 3.03. The second kappa shape index (κ2) is 3.93. The minimum atomic E-state index is 0.241. The number of hydrogen-bond acceptors (Lipinski definition) is 2. The molecule has 0 radical (unpaired) electrons. The topological polar surface area (TPSA) is 24.9 Å². The molecule has 2 atom stereocenters. The second-order valence-corrected chi connectivity index (χ2v) is 5.51. The van der Waals surface area contributed by atoms with Gasteiger partial charge in [0, 0.05) is 17.9 Å². The third-order valence-electron chi connectivity index (χ3n) is 2.95. The van der Waals surface area contributed by atoms with Gasteiger partial charge in [0.1, 0.15) is 0 Å². The van der Waals surface area contributed by atoms with Crippen LogP contribution in [0.1, 0.15) is 38.7 Å². The van der Waals surface area contributed by atoms with Gasteiger partial charge in [0.25, 0.3) is 0 Å². The van der Waals surface area contributed by atoms with Crippen molar-refractivity contribution >= 4 is 0 Å². The molecule has 15 heavy (non-hydrogen) atoms. The molecular weight excluding hydrogens is 184 g/mol. The average Bonchev–Trinajstić information content (AvgIpc) is 2.94. The van der Waals surface area contributed by atoms with Crippen LogP contribution in [0.2, 0.25) is 0 Å². The molecule has 1 N–H and O–H groups in total. The molecule has 0 bridgehead atoms. The molecule has 2 heteroatoms. The SMILES string of the molecule is CC(C)(C)NCC1CC1c1ccncc1. The highest BCUT2D eigenvalue weighted by atomic mass is 15.0. The van der Waals surface area contributed by atoms with Gasteiger partial charge in [0.15, 0.2) is 0 Å². The molecule has 0 saturated heterocycles. The predicted molar refractivity (Wildman–Crippen MR) is 62.8 cm³/mol. The van der Waals surface area contributed by atoms with Crippen LogP contribution >= 0.6 is 0 Å². The zero-order valence-corrected chi connectivity index (χ0v) is 9.83. The van der Waals surface area contributed by atoms with Gasteiger partial charge >= 0.3 is 0 Å². The van der Waals surface area contributed by atoms with E-state index in [1.165, 1.54) is 12.0 Å². The Bertz CT molecular complexity index is 313. The number of hydrogen-bond donors (Lipinski definition) is 1. The summed E-state index contributed by atoms with van der Waals surface area (Å²) in [5.41, 5.74) is 1.69. The highest BCUT2D eigenvalue weighted by molar-refractivity contribution is 5.23. The van der Waals surface area contributed by atoms with Gasteiger partial charge in [-0.2, -0.15) is 0 Å². The van der Waals surface area contributed by atoms with Crippen molar-refractivity contribution in [3.05, 3.63) is 30.1 Å². The van der Waals surface area contributed by atoms with E-state index in [4.69, 9.17) is 0 Å². The van der Waals surface area contributed by atoms with E-state index in [0.29, 0.717) is 0 Å². The molecular formula is C13H20N2. The Kier molecular flexibility index (Phi) is 2.79. The maximum Gasteiger partial charge on any atom is 0.0270 e. The van der Waals surface area contributed by atoms with E-state index in [1.807, 2.05) is 12.4 Å². The minimum absolute atomic E-state index is 0.241. The Morgan fingerprint density at radius 1 is 1.33 bits per heavy atom. The van der Waals surface area contributed by atoms with Crippen molar-refractivity contribution in [2.75, 3.05) is 6.54 Å². The summed E-state index contributed by atoms with van der Waals surface area (Å²) in [7, 11) is 0. The molecule has 1 aromatic heterocycles. The van der Waals surface area contributed by atoms with Crippen LogP contribution in [0.25, 0.3) is 0 Å². The van der Waals surface area contributed by atoms with E-state index in [-0.39, 0.29) is 5.54 Å². The second-order valence-electron chi connectivity index (χ2n) is 5.51. The largest absolute Gasteiger partial charge is 0.312 e. The van der Waals surface area contributed by atoms with Crippen LogP contribution in [-0.4, -0.2) is 17.1 Å². The normalized spacial score (nSPS) is 25.3. The van der Waals surface area contributed by atoms with E-state index in [2.05, 4.69) is 43.2 Å². The summed E-state index contributed by atoms with van der Waals surface area (Å²) in [6.07, 6.45) is 5.11. The highest BCUT2D eigenvalue weighted by Crippen LogP contribution is 2.46. The van der Waals surface area contributed by atoms with E-state index >= 15 is 0 Å². The molecule has 1 saturated carbocycles. The molecule has 0 aliphatic heterocycles. The minimum Gasteiger partial charge on any atom is -0.312 e. The van der Waals surface area contributed by atoms with Crippen LogP contribution in [0.4, 0.5) is 0 Å². The summed E-state index contributed by atoms with van der Waals surface area (Å²) in [6, 6.07) is 4.28. The Labute approximate surface area is 92.1 Å². The number of aromatic nitrogens is 1. The monoisotopic (exact) mass is 204 g/mol.